The van der Waals surface area contributed by atoms with E-state index in [0.717, 1.165) is 13.1 Å². The fourth-order valence-corrected chi connectivity index (χ4v) is 2.25. The Kier molecular flexibility index (Phi) is 11.0. The van der Waals surface area contributed by atoms with Gasteiger partial charge in [-0.1, -0.05) is 18.2 Å². The Bertz CT molecular complexity index is 454. The van der Waals surface area contributed by atoms with E-state index in [1.54, 1.807) is 7.11 Å². The van der Waals surface area contributed by atoms with Crippen molar-refractivity contribution in [3.8, 4) is 0 Å². The van der Waals surface area contributed by atoms with E-state index < -0.39 is 0 Å². The SMILES string of the molecule is CCN(CCN=C(N)NC(C)COC)c1ccccc1C.I. The minimum absolute atomic E-state index is 0. The number of nitrogens with one attached hydrogen (secondary N) is 1. The lowest BCUT2D eigenvalue weighted by Gasteiger charge is -2.24. The number of halogens is 1. The van der Waals surface area contributed by atoms with E-state index in [0.29, 0.717) is 19.1 Å². The van der Waals surface area contributed by atoms with Crippen molar-refractivity contribution in [3.05, 3.63) is 29.8 Å². The van der Waals surface area contributed by atoms with Gasteiger partial charge in [-0.15, -0.1) is 24.0 Å². The highest BCUT2D eigenvalue weighted by Crippen LogP contribution is 2.18. The Hall–Kier alpha value is -1.02. The first-order valence-corrected chi connectivity index (χ1v) is 7.44. The molecule has 126 valence electrons. The van der Waals surface area contributed by atoms with Crippen molar-refractivity contribution in [1.82, 2.24) is 5.32 Å². The number of benzene rings is 1. The fourth-order valence-electron chi connectivity index (χ4n) is 2.25. The molecule has 0 aliphatic carbocycles. The molecule has 0 aliphatic heterocycles. The van der Waals surface area contributed by atoms with E-state index in [4.69, 9.17) is 10.5 Å². The van der Waals surface area contributed by atoms with E-state index in [-0.39, 0.29) is 30.0 Å². The van der Waals surface area contributed by atoms with Crippen molar-refractivity contribution in [3.63, 3.8) is 0 Å². The maximum Gasteiger partial charge on any atom is 0.188 e. The number of anilines is 1. The van der Waals surface area contributed by atoms with Gasteiger partial charge < -0.3 is 20.7 Å². The summed E-state index contributed by atoms with van der Waals surface area (Å²) < 4.78 is 5.05. The van der Waals surface area contributed by atoms with Gasteiger partial charge in [0.15, 0.2) is 5.96 Å². The molecule has 1 atom stereocenters. The van der Waals surface area contributed by atoms with E-state index in [2.05, 4.69) is 53.3 Å². The number of methoxy groups -OCH3 is 1. The van der Waals surface area contributed by atoms with E-state index in [1.807, 2.05) is 6.92 Å². The minimum Gasteiger partial charge on any atom is -0.383 e. The minimum atomic E-state index is 0. The van der Waals surface area contributed by atoms with Gasteiger partial charge in [0.25, 0.3) is 0 Å². The summed E-state index contributed by atoms with van der Waals surface area (Å²) in [7, 11) is 1.67. The molecule has 1 rings (SSSR count). The summed E-state index contributed by atoms with van der Waals surface area (Å²) in [4.78, 5) is 6.69. The predicted octanol–water partition coefficient (Wildman–Crippen LogP) is 2.38. The van der Waals surface area contributed by atoms with Crippen molar-refractivity contribution in [2.45, 2.75) is 26.8 Å². The molecule has 0 saturated carbocycles. The normalized spacial score (nSPS) is 12.5. The number of rotatable bonds is 8. The first-order chi connectivity index (χ1) is 10.1. The van der Waals surface area contributed by atoms with E-state index in [1.165, 1.54) is 11.3 Å². The third kappa shape index (κ3) is 7.31. The lowest BCUT2D eigenvalue weighted by Crippen LogP contribution is -2.41. The summed E-state index contributed by atoms with van der Waals surface area (Å²) >= 11 is 0. The van der Waals surface area contributed by atoms with Crippen LogP contribution in [-0.2, 0) is 4.74 Å². The molecule has 0 aromatic heterocycles. The zero-order valence-corrected chi connectivity index (χ0v) is 16.3. The van der Waals surface area contributed by atoms with Gasteiger partial charge in [0, 0.05) is 31.9 Å². The summed E-state index contributed by atoms with van der Waals surface area (Å²) in [5, 5.41) is 3.11. The average Bonchev–Trinajstić information content (AvgIpc) is 2.45. The van der Waals surface area contributed by atoms with E-state index in [9.17, 15) is 0 Å². The van der Waals surface area contributed by atoms with Gasteiger partial charge in [-0.25, -0.2) is 0 Å². The van der Waals surface area contributed by atoms with Crippen molar-refractivity contribution in [1.29, 1.82) is 0 Å². The molecular formula is C16H29IN4O. The zero-order chi connectivity index (χ0) is 15.7. The Labute approximate surface area is 151 Å². The summed E-state index contributed by atoms with van der Waals surface area (Å²) in [6, 6.07) is 8.56. The molecular weight excluding hydrogens is 391 g/mol. The van der Waals surface area contributed by atoms with Crippen LogP contribution < -0.4 is 16.0 Å². The second kappa shape index (κ2) is 11.5. The molecule has 0 aliphatic rings. The molecule has 0 heterocycles. The van der Waals surface area contributed by atoms with Crippen LogP contribution in [0.2, 0.25) is 0 Å². The number of ether oxygens (including phenoxy) is 1. The molecule has 3 N–H and O–H groups in total. The second-order valence-electron chi connectivity index (χ2n) is 5.13. The molecule has 5 nitrogen and oxygen atoms in total. The molecule has 1 unspecified atom stereocenters. The van der Waals surface area contributed by atoms with E-state index >= 15 is 0 Å². The van der Waals surface area contributed by atoms with Crippen LogP contribution in [0.4, 0.5) is 5.69 Å². The molecule has 0 radical (unpaired) electrons. The average molecular weight is 420 g/mol. The van der Waals surface area contributed by atoms with Gasteiger partial charge in [-0.2, -0.15) is 0 Å². The molecule has 0 bridgehead atoms. The van der Waals surface area contributed by atoms with Crippen molar-refractivity contribution in [2.24, 2.45) is 10.7 Å². The number of likely N-dealkylation sites (N-methyl/N-ethyl adjacent to an activating group) is 1. The van der Waals surface area contributed by atoms with Crippen LogP contribution in [0.5, 0.6) is 0 Å². The van der Waals surface area contributed by atoms with Crippen molar-refractivity contribution < 1.29 is 4.74 Å². The maximum absolute atomic E-state index is 5.87. The predicted molar refractivity (Wildman–Crippen MR) is 105 cm³/mol. The highest BCUT2D eigenvalue weighted by atomic mass is 127. The quantitative estimate of drug-likeness (QED) is 0.385. The van der Waals surface area contributed by atoms with Crippen LogP contribution in [-0.4, -0.2) is 45.4 Å². The first kappa shape index (κ1) is 21.0. The molecule has 22 heavy (non-hydrogen) atoms. The summed E-state index contributed by atoms with van der Waals surface area (Å²) in [6.45, 7) is 9.37. The lowest BCUT2D eigenvalue weighted by atomic mass is 10.2. The number of para-hydroxylation sites is 1. The van der Waals surface area contributed by atoms with Crippen LogP contribution >= 0.6 is 24.0 Å². The summed E-state index contributed by atoms with van der Waals surface area (Å²) in [5.74, 6) is 0.473. The Morgan fingerprint density at radius 3 is 2.68 bits per heavy atom. The van der Waals surface area contributed by atoms with Crippen LogP contribution in [0, 0.1) is 6.92 Å². The maximum atomic E-state index is 5.87. The number of aryl methyl sites for hydroxylation is 1. The van der Waals surface area contributed by atoms with Gasteiger partial charge in [0.2, 0.25) is 0 Å². The number of nitrogens with zero attached hydrogens (tertiary/aromatic N) is 2. The fraction of sp³-hybridized carbons (Fsp3) is 0.562. The zero-order valence-electron chi connectivity index (χ0n) is 14.0. The van der Waals surface area contributed by atoms with Gasteiger partial charge in [0.05, 0.1) is 13.2 Å². The Morgan fingerprint density at radius 2 is 2.09 bits per heavy atom. The van der Waals surface area contributed by atoms with Crippen LogP contribution in [0.15, 0.2) is 29.3 Å². The molecule has 6 heteroatoms. The molecule has 0 saturated heterocycles. The van der Waals surface area contributed by atoms with Gasteiger partial charge in [0.1, 0.15) is 0 Å². The van der Waals surface area contributed by atoms with Crippen LogP contribution in [0.1, 0.15) is 19.4 Å². The molecule has 1 aromatic carbocycles. The largest absolute Gasteiger partial charge is 0.383 e. The number of hydrogen-bond donors (Lipinski definition) is 2. The van der Waals surface area contributed by atoms with Gasteiger partial charge in [-0.05, 0) is 32.4 Å². The smallest absolute Gasteiger partial charge is 0.188 e. The molecule has 0 fully saturated rings. The first-order valence-electron chi connectivity index (χ1n) is 7.44. The molecule has 0 amide bonds. The number of hydrogen-bond acceptors (Lipinski definition) is 3. The van der Waals surface area contributed by atoms with Gasteiger partial charge in [-0.3, -0.25) is 4.99 Å². The number of guanidine groups is 1. The van der Waals surface area contributed by atoms with Gasteiger partial charge >= 0.3 is 0 Å². The monoisotopic (exact) mass is 420 g/mol. The molecule has 1 aromatic rings. The number of aliphatic imine (C=N–C) groups is 1. The third-order valence-corrected chi connectivity index (χ3v) is 3.30. The Morgan fingerprint density at radius 1 is 1.41 bits per heavy atom. The van der Waals surface area contributed by atoms with Crippen LogP contribution in [0.3, 0.4) is 0 Å². The summed E-state index contributed by atoms with van der Waals surface area (Å²) in [6.07, 6.45) is 0. The second-order valence-corrected chi connectivity index (χ2v) is 5.13. The molecule has 0 spiro atoms. The third-order valence-electron chi connectivity index (χ3n) is 3.30. The lowest BCUT2D eigenvalue weighted by molar-refractivity contribution is 0.179. The van der Waals surface area contributed by atoms with Crippen molar-refractivity contribution in [2.75, 3.05) is 38.3 Å². The summed E-state index contributed by atoms with van der Waals surface area (Å²) in [5.41, 5.74) is 8.41. The Balaban J connectivity index is 0.00000441. The highest BCUT2D eigenvalue weighted by Gasteiger charge is 2.06. The number of nitrogens with two attached hydrogens (primary N) is 1. The van der Waals surface area contributed by atoms with Crippen molar-refractivity contribution >= 4 is 35.6 Å². The standard InChI is InChI=1S/C16H28N4O.HI/c1-5-20(15-9-7-6-8-13(15)2)11-10-18-16(17)19-14(3)12-21-4;/h6-9,14H,5,10-12H2,1-4H3,(H3,17,18,19);1H. The highest BCUT2D eigenvalue weighted by molar-refractivity contribution is 14.0. The topological polar surface area (TPSA) is 62.9 Å². The van der Waals surface area contributed by atoms with Crippen LogP contribution in [0.25, 0.3) is 0 Å².